The summed E-state index contributed by atoms with van der Waals surface area (Å²) in [5, 5.41) is 4.44. The van der Waals surface area contributed by atoms with E-state index in [0.717, 1.165) is 0 Å². The molecule has 0 bridgehead atoms. The minimum atomic E-state index is -4.02. The lowest BCUT2D eigenvalue weighted by atomic mass is 10.3. The highest BCUT2D eigenvalue weighted by Gasteiger charge is 2.39. The summed E-state index contributed by atoms with van der Waals surface area (Å²) < 4.78 is 47.6. The first-order valence-corrected chi connectivity index (χ1v) is 3.97. The maximum Gasteiger partial charge on any atom is 0.319 e. The van der Waals surface area contributed by atoms with Crippen molar-refractivity contribution in [3.8, 4) is 0 Å². The van der Waals surface area contributed by atoms with Gasteiger partial charge in [-0.1, -0.05) is 0 Å². The smallest absolute Gasteiger partial charge is 0.319 e. The van der Waals surface area contributed by atoms with E-state index in [1.807, 2.05) is 0 Å². The number of alkyl halides is 4. The average molecular weight is 216 g/mol. The van der Waals surface area contributed by atoms with Crippen molar-refractivity contribution < 1.29 is 22.4 Å². The molecular weight excluding hydrogens is 204 g/mol. The molecule has 7 heteroatoms. The molecule has 0 fully saturated rings. The molecule has 0 unspecified atom stereocenters. The van der Waals surface area contributed by atoms with Gasteiger partial charge in [-0.05, 0) is 0 Å². The molecule has 84 valence electrons. The predicted octanol–water partition coefficient (Wildman–Crippen LogP) is 0.612. The zero-order valence-corrected chi connectivity index (χ0v) is 7.62. The SMILES string of the molecule is CC(=O)NCCNCC(F)(F)C(F)F. The highest BCUT2D eigenvalue weighted by Crippen LogP contribution is 2.21. The van der Waals surface area contributed by atoms with Gasteiger partial charge in [0.25, 0.3) is 0 Å². The van der Waals surface area contributed by atoms with E-state index in [9.17, 15) is 22.4 Å². The first-order valence-electron chi connectivity index (χ1n) is 3.97. The lowest BCUT2D eigenvalue weighted by molar-refractivity contribution is -0.125. The number of rotatable bonds is 6. The van der Waals surface area contributed by atoms with Crippen LogP contribution in [0.1, 0.15) is 6.92 Å². The molecule has 0 aliphatic rings. The van der Waals surface area contributed by atoms with E-state index in [2.05, 4.69) is 10.6 Å². The number of halogens is 4. The molecular formula is C7H12F4N2O. The van der Waals surface area contributed by atoms with Crippen LogP contribution in [0, 0.1) is 0 Å². The summed E-state index contributed by atoms with van der Waals surface area (Å²) in [6.07, 6.45) is -3.67. The molecule has 0 saturated carbocycles. The molecule has 0 spiro atoms. The van der Waals surface area contributed by atoms with Gasteiger partial charge >= 0.3 is 12.3 Å². The minimum Gasteiger partial charge on any atom is -0.355 e. The summed E-state index contributed by atoms with van der Waals surface area (Å²) in [6.45, 7) is 0.342. The number of amides is 1. The van der Waals surface area contributed by atoms with Gasteiger partial charge in [0.15, 0.2) is 0 Å². The van der Waals surface area contributed by atoms with Crippen LogP contribution in [0.2, 0.25) is 0 Å². The van der Waals surface area contributed by atoms with E-state index in [1.54, 1.807) is 0 Å². The van der Waals surface area contributed by atoms with Crippen LogP contribution in [-0.4, -0.2) is 37.9 Å². The fraction of sp³-hybridized carbons (Fsp3) is 0.857. The van der Waals surface area contributed by atoms with Crippen molar-refractivity contribution in [3.05, 3.63) is 0 Å². The lowest BCUT2D eigenvalue weighted by Crippen LogP contribution is -2.41. The minimum absolute atomic E-state index is 0.0297. The standard InChI is InChI=1S/C7H12F4N2O/c1-5(14)13-3-2-12-4-7(10,11)6(8)9/h6,12H,2-4H2,1H3,(H,13,14). The fourth-order valence-electron chi connectivity index (χ4n) is 0.659. The molecule has 0 aromatic rings. The topological polar surface area (TPSA) is 41.1 Å². The average Bonchev–Trinajstić information content (AvgIpc) is 2.02. The van der Waals surface area contributed by atoms with Crippen LogP contribution in [0.15, 0.2) is 0 Å². The summed E-state index contributed by atoms with van der Waals surface area (Å²) in [7, 11) is 0. The number of hydrogen-bond acceptors (Lipinski definition) is 2. The zero-order valence-electron chi connectivity index (χ0n) is 7.62. The van der Waals surface area contributed by atoms with Gasteiger partial charge in [-0.2, -0.15) is 8.78 Å². The molecule has 0 aliphatic heterocycles. The summed E-state index contributed by atoms with van der Waals surface area (Å²) in [6, 6.07) is 0. The third-order valence-electron chi connectivity index (χ3n) is 1.36. The first kappa shape index (κ1) is 13.2. The Bertz CT molecular complexity index is 187. The number of carbonyl (C=O) groups is 1. The van der Waals surface area contributed by atoms with Crippen molar-refractivity contribution in [1.29, 1.82) is 0 Å². The van der Waals surface area contributed by atoms with Crippen LogP contribution in [-0.2, 0) is 4.79 Å². The Morgan fingerprint density at radius 2 is 1.93 bits per heavy atom. The van der Waals surface area contributed by atoms with Crippen molar-refractivity contribution in [3.63, 3.8) is 0 Å². The molecule has 14 heavy (non-hydrogen) atoms. The first-order chi connectivity index (χ1) is 6.36. The van der Waals surface area contributed by atoms with Crippen LogP contribution in [0.25, 0.3) is 0 Å². The van der Waals surface area contributed by atoms with Crippen LogP contribution in [0.4, 0.5) is 17.6 Å². The second kappa shape index (κ2) is 5.79. The third-order valence-corrected chi connectivity index (χ3v) is 1.36. The maximum absolute atomic E-state index is 12.2. The molecule has 0 aromatic heterocycles. The second-order valence-corrected chi connectivity index (χ2v) is 2.72. The molecule has 0 radical (unpaired) electrons. The van der Waals surface area contributed by atoms with Crippen molar-refractivity contribution in [2.24, 2.45) is 0 Å². The van der Waals surface area contributed by atoms with Crippen LogP contribution < -0.4 is 10.6 Å². The molecule has 0 atom stereocenters. The number of carbonyl (C=O) groups excluding carboxylic acids is 1. The van der Waals surface area contributed by atoms with E-state index in [1.165, 1.54) is 6.92 Å². The Hall–Kier alpha value is -0.850. The van der Waals surface area contributed by atoms with Gasteiger partial charge in [-0.25, -0.2) is 8.78 Å². The molecule has 1 amide bonds. The normalized spacial score (nSPS) is 11.9. The number of hydrogen-bond donors (Lipinski definition) is 2. The van der Waals surface area contributed by atoms with Gasteiger partial charge < -0.3 is 10.6 Å². The Kier molecular flexibility index (Phi) is 5.44. The zero-order chi connectivity index (χ0) is 11.2. The van der Waals surface area contributed by atoms with Gasteiger partial charge in [0, 0.05) is 20.0 Å². The summed E-state index contributed by atoms with van der Waals surface area (Å²) >= 11 is 0. The number of nitrogens with one attached hydrogen (secondary N) is 2. The van der Waals surface area contributed by atoms with Gasteiger partial charge in [0.05, 0.1) is 6.54 Å². The largest absolute Gasteiger partial charge is 0.355 e. The van der Waals surface area contributed by atoms with Crippen molar-refractivity contribution in [2.75, 3.05) is 19.6 Å². The molecule has 2 N–H and O–H groups in total. The van der Waals surface area contributed by atoms with Gasteiger partial charge in [-0.3, -0.25) is 4.79 Å². The molecule has 3 nitrogen and oxygen atoms in total. The highest BCUT2D eigenvalue weighted by atomic mass is 19.3. The monoisotopic (exact) mass is 216 g/mol. The highest BCUT2D eigenvalue weighted by molar-refractivity contribution is 5.72. The Labute approximate surface area is 78.9 Å². The van der Waals surface area contributed by atoms with E-state index in [-0.39, 0.29) is 19.0 Å². The second-order valence-electron chi connectivity index (χ2n) is 2.72. The Balaban J connectivity index is 3.49. The Morgan fingerprint density at radius 1 is 1.36 bits per heavy atom. The van der Waals surface area contributed by atoms with E-state index in [4.69, 9.17) is 0 Å². The summed E-state index contributed by atoms with van der Waals surface area (Å²) in [4.78, 5) is 10.3. The van der Waals surface area contributed by atoms with Gasteiger partial charge in [-0.15, -0.1) is 0 Å². The molecule has 0 heterocycles. The van der Waals surface area contributed by atoms with Gasteiger partial charge in [0.1, 0.15) is 0 Å². The Morgan fingerprint density at radius 3 is 2.36 bits per heavy atom. The lowest BCUT2D eigenvalue weighted by Gasteiger charge is -2.15. The summed E-state index contributed by atoms with van der Waals surface area (Å²) in [5.41, 5.74) is 0. The quantitative estimate of drug-likeness (QED) is 0.504. The van der Waals surface area contributed by atoms with E-state index < -0.39 is 18.9 Å². The van der Waals surface area contributed by atoms with Crippen LogP contribution in [0.3, 0.4) is 0 Å². The van der Waals surface area contributed by atoms with Gasteiger partial charge in [0.2, 0.25) is 5.91 Å². The molecule has 0 aliphatic carbocycles. The maximum atomic E-state index is 12.2. The van der Waals surface area contributed by atoms with Crippen LogP contribution >= 0.6 is 0 Å². The third kappa shape index (κ3) is 5.74. The predicted molar refractivity (Wildman–Crippen MR) is 42.5 cm³/mol. The van der Waals surface area contributed by atoms with Crippen molar-refractivity contribution in [1.82, 2.24) is 10.6 Å². The van der Waals surface area contributed by atoms with Crippen molar-refractivity contribution >= 4 is 5.91 Å². The van der Waals surface area contributed by atoms with Crippen LogP contribution in [0.5, 0.6) is 0 Å². The molecule has 0 saturated heterocycles. The molecule has 0 rings (SSSR count). The van der Waals surface area contributed by atoms with E-state index >= 15 is 0 Å². The fourth-order valence-corrected chi connectivity index (χ4v) is 0.659. The summed E-state index contributed by atoms with van der Waals surface area (Å²) in [5.74, 6) is -4.32. The molecule has 0 aromatic carbocycles. The van der Waals surface area contributed by atoms with Crippen molar-refractivity contribution in [2.45, 2.75) is 19.3 Å². The van der Waals surface area contributed by atoms with E-state index in [0.29, 0.717) is 0 Å².